The minimum atomic E-state index is -4.44. The molecule has 9 rings (SSSR count). The molecule has 0 radical (unpaired) electrons. The number of anilines is 2. The molecule has 5 N–H and O–H groups in total. The Morgan fingerprint density at radius 2 is 1.77 bits per heavy atom. The van der Waals surface area contributed by atoms with E-state index in [2.05, 4.69) is 73.1 Å². The van der Waals surface area contributed by atoms with Gasteiger partial charge in [0.2, 0.25) is 0 Å². The Bertz CT molecular complexity index is 2540. The number of benzene rings is 2. The Morgan fingerprint density at radius 1 is 0.984 bits per heavy atom. The van der Waals surface area contributed by atoms with Gasteiger partial charge in [-0.2, -0.15) is 0 Å². The van der Waals surface area contributed by atoms with Crippen molar-refractivity contribution in [1.82, 2.24) is 24.6 Å². The van der Waals surface area contributed by atoms with E-state index >= 15 is 0 Å². The van der Waals surface area contributed by atoms with Crippen LogP contribution in [0.15, 0.2) is 89.3 Å². The smallest absolute Gasteiger partial charge is 0.270 e. The summed E-state index contributed by atoms with van der Waals surface area (Å²) in [6.45, 7) is 7.97. The number of ether oxygens (including phenoxy) is 1. The maximum absolute atomic E-state index is 13.9. The van der Waals surface area contributed by atoms with Crippen LogP contribution in [0.1, 0.15) is 112 Å². The predicted octanol–water partition coefficient (Wildman–Crippen LogP) is 8.91. The second-order valence-corrected chi connectivity index (χ2v) is 20.0. The molecule has 2 aliphatic carbocycles. The molecule has 1 unspecified atom stereocenters. The van der Waals surface area contributed by atoms with E-state index in [1.54, 1.807) is 24.5 Å². The van der Waals surface area contributed by atoms with Gasteiger partial charge in [0.25, 0.3) is 15.9 Å². The zero-order valence-electron chi connectivity index (χ0n) is 35.6. The van der Waals surface area contributed by atoms with Crippen LogP contribution in [0.5, 0.6) is 11.5 Å². The highest BCUT2D eigenvalue weighted by Gasteiger charge is 2.50. The van der Waals surface area contributed by atoms with Crippen molar-refractivity contribution in [1.29, 1.82) is 0 Å². The Morgan fingerprint density at radius 3 is 2.55 bits per heavy atom. The third-order valence-electron chi connectivity index (χ3n) is 14.0. The van der Waals surface area contributed by atoms with Crippen molar-refractivity contribution < 1.29 is 17.9 Å². The number of nitrogens with one attached hydrogen (secondary N) is 3. The lowest BCUT2D eigenvalue weighted by Gasteiger charge is -2.56. The summed E-state index contributed by atoms with van der Waals surface area (Å²) in [7, 11) is -4.44. The Kier molecular flexibility index (Phi) is 11.8. The fourth-order valence-corrected chi connectivity index (χ4v) is 11.4. The van der Waals surface area contributed by atoms with Crippen molar-refractivity contribution in [3.8, 4) is 11.5 Å². The van der Waals surface area contributed by atoms with Gasteiger partial charge in [-0.15, -0.1) is 4.91 Å². The number of fused-ring (bicyclic) bond motifs is 1. The standard InChI is InChI=1S/C47H57N9O5S/c1-30(2)37-6-3-4-7-38(37)42-8-5-19-56(42)34-25-47(26-34)16-20-55(21-17-47)44-24-43(61-35-22-32-15-18-49-45(32)52-28-35)39(29-51-44)46(57)54-62(59,60)36-13-14-40(41(23-36)53-58)50-27-31-9-11-33(48)12-10-31/h3-4,6-7,13-15,18,22-24,28-31,33-34,42,50H,5,8-12,16-17,19-21,25-27,48H2,1-2H3,(H,49,52)(H,54,57)/t31-,33-,42?. The average Bonchev–Trinajstić information content (AvgIpc) is 3.95. The van der Waals surface area contributed by atoms with Crippen LogP contribution in [0.25, 0.3) is 11.0 Å². The van der Waals surface area contributed by atoms with E-state index in [0.717, 1.165) is 63.5 Å². The second kappa shape index (κ2) is 17.4. The minimum absolute atomic E-state index is 0.0658. The van der Waals surface area contributed by atoms with E-state index in [1.165, 1.54) is 61.2 Å². The van der Waals surface area contributed by atoms with E-state index in [9.17, 15) is 18.1 Å². The molecule has 1 spiro atoms. The molecule has 5 heterocycles. The number of hydrogen-bond donors (Lipinski definition) is 4. The molecule has 2 saturated heterocycles. The van der Waals surface area contributed by atoms with E-state index in [4.69, 9.17) is 15.5 Å². The van der Waals surface area contributed by atoms with Gasteiger partial charge in [-0.05, 0) is 135 Å². The number of nitrogens with zero attached hydrogens (tertiary/aromatic N) is 5. The molecule has 326 valence electrons. The summed E-state index contributed by atoms with van der Waals surface area (Å²) in [5.41, 5.74) is 10.3. The number of rotatable bonds is 13. The maximum atomic E-state index is 13.9. The third-order valence-corrected chi connectivity index (χ3v) is 15.3. The van der Waals surface area contributed by atoms with Gasteiger partial charge >= 0.3 is 0 Å². The molecule has 5 aromatic rings. The van der Waals surface area contributed by atoms with Gasteiger partial charge in [-0.3, -0.25) is 9.69 Å². The van der Waals surface area contributed by atoms with E-state index < -0.39 is 15.9 Å². The summed E-state index contributed by atoms with van der Waals surface area (Å²) in [5, 5.41) is 7.16. The molecule has 14 nitrogen and oxygen atoms in total. The molecule has 1 atom stereocenters. The number of hydrogen-bond acceptors (Lipinski definition) is 12. The monoisotopic (exact) mass is 859 g/mol. The van der Waals surface area contributed by atoms with Crippen LogP contribution in [-0.2, 0) is 10.0 Å². The minimum Gasteiger partial charge on any atom is -0.455 e. The van der Waals surface area contributed by atoms with Crippen LogP contribution in [0.4, 0.5) is 17.2 Å². The first-order valence-corrected chi connectivity index (χ1v) is 23.7. The lowest BCUT2D eigenvalue weighted by molar-refractivity contribution is -0.0228. The fourth-order valence-electron chi connectivity index (χ4n) is 10.4. The number of amides is 1. The Hall–Kier alpha value is -5.38. The molecule has 62 heavy (non-hydrogen) atoms. The molecule has 2 aromatic carbocycles. The number of carbonyl (C=O) groups is 1. The number of likely N-dealkylation sites (tertiary alicyclic amines) is 1. The topological polar surface area (TPSA) is 188 Å². The molecular weight excluding hydrogens is 803 g/mol. The molecule has 3 aromatic heterocycles. The second-order valence-electron chi connectivity index (χ2n) is 18.3. The van der Waals surface area contributed by atoms with E-state index in [0.29, 0.717) is 58.8 Å². The molecule has 1 amide bonds. The number of aromatic nitrogens is 3. The van der Waals surface area contributed by atoms with Crippen LogP contribution < -0.4 is 25.4 Å². The highest BCUT2D eigenvalue weighted by Crippen LogP contribution is 2.54. The first kappa shape index (κ1) is 41.9. The fraction of sp³-hybridized carbons (Fsp3) is 0.468. The molecule has 2 aliphatic heterocycles. The SMILES string of the molecule is CC(C)c1ccccc1C1CCCN1C1CC2(CCN(c3cc(Oc4cnc5[nH]ccc5c4)c(C(=O)NS(=O)(=O)c4ccc(NC[C@H]5CC[C@H](N)CC5)c(N=O)c4)cn3)CC2)C1. The number of aromatic amines is 1. The van der Waals surface area contributed by atoms with Crippen LogP contribution >= 0.6 is 0 Å². The molecule has 0 bridgehead atoms. The van der Waals surface area contributed by atoms with Crippen molar-refractivity contribution in [3.63, 3.8) is 0 Å². The third kappa shape index (κ3) is 8.67. The zero-order chi connectivity index (χ0) is 43.0. The first-order valence-electron chi connectivity index (χ1n) is 22.2. The average molecular weight is 860 g/mol. The van der Waals surface area contributed by atoms with Crippen molar-refractivity contribution in [2.24, 2.45) is 22.2 Å². The van der Waals surface area contributed by atoms with Crippen molar-refractivity contribution in [3.05, 3.63) is 101 Å². The van der Waals surface area contributed by atoms with Crippen LogP contribution in [0, 0.1) is 16.2 Å². The number of carbonyl (C=O) groups excluding carboxylic acids is 1. The highest BCUT2D eigenvalue weighted by molar-refractivity contribution is 7.90. The molecule has 4 fully saturated rings. The molecular formula is C47H57N9O5S. The number of pyridine rings is 2. The molecule has 4 aliphatic rings. The summed E-state index contributed by atoms with van der Waals surface area (Å²) < 4.78 is 35.8. The number of piperidine rings is 1. The maximum Gasteiger partial charge on any atom is 0.270 e. The quantitative estimate of drug-likeness (QED) is 0.0828. The van der Waals surface area contributed by atoms with E-state index in [-0.39, 0.29) is 27.9 Å². The Labute approximate surface area is 363 Å². The number of H-pyrrole nitrogens is 1. The normalized spacial score (nSPS) is 21.9. The van der Waals surface area contributed by atoms with Crippen molar-refractivity contribution in [2.75, 3.05) is 36.4 Å². The number of nitroso groups, excluding NO2 is 1. The lowest BCUT2D eigenvalue weighted by Crippen LogP contribution is -2.55. The van der Waals surface area contributed by atoms with E-state index in [1.807, 2.05) is 6.07 Å². The highest BCUT2D eigenvalue weighted by atomic mass is 32.2. The van der Waals surface area contributed by atoms with Gasteiger partial charge < -0.3 is 25.7 Å². The van der Waals surface area contributed by atoms with Gasteiger partial charge in [0, 0.05) is 61.6 Å². The van der Waals surface area contributed by atoms with Crippen LogP contribution in [0.3, 0.4) is 0 Å². The lowest BCUT2D eigenvalue weighted by atomic mass is 9.60. The van der Waals surface area contributed by atoms with Crippen LogP contribution in [0.2, 0.25) is 0 Å². The molecule has 15 heteroatoms. The summed E-state index contributed by atoms with van der Waals surface area (Å²) in [5.74, 6) is 1.13. The summed E-state index contributed by atoms with van der Waals surface area (Å²) in [6, 6.07) is 19.7. The van der Waals surface area contributed by atoms with Gasteiger partial charge in [0.1, 0.15) is 34.2 Å². The summed E-state index contributed by atoms with van der Waals surface area (Å²) in [6.07, 6.45) is 15.5. The van der Waals surface area contributed by atoms with Gasteiger partial charge in [-0.25, -0.2) is 23.1 Å². The number of sulfonamides is 1. The zero-order valence-corrected chi connectivity index (χ0v) is 36.4. The largest absolute Gasteiger partial charge is 0.455 e. The predicted molar refractivity (Wildman–Crippen MR) is 241 cm³/mol. The first-order chi connectivity index (χ1) is 30.0. The van der Waals surface area contributed by atoms with Crippen molar-refractivity contribution in [2.45, 2.75) is 107 Å². The Balaban J connectivity index is 0.891. The summed E-state index contributed by atoms with van der Waals surface area (Å²) in [4.78, 5) is 42.7. The number of nitrogens with two attached hydrogens (primary N) is 1. The van der Waals surface area contributed by atoms with Gasteiger partial charge in [0.15, 0.2) is 0 Å². The van der Waals surface area contributed by atoms with Crippen LogP contribution in [-0.4, -0.2) is 72.4 Å². The van der Waals surface area contributed by atoms with Gasteiger partial charge in [-0.1, -0.05) is 38.1 Å². The van der Waals surface area contributed by atoms with Gasteiger partial charge in [0.05, 0.1) is 16.8 Å². The molecule has 2 saturated carbocycles. The van der Waals surface area contributed by atoms with Crippen molar-refractivity contribution >= 4 is 44.2 Å². The summed E-state index contributed by atoms with van der Waals surface area (Å²) >= 11 is 0.